The molecule has 35 heavy (non-hydrogen) atoms. The molecule has 0 bridgehead atoms. The van der Waals surface area contributed by atoms with E-state index in [1.807, 2.05) is 6.92 Å². The Morgan fingerprint density at radius 2 is 1.94 bits per heavy atom. The third kappa shape index (κ3) is 7.41. The van der Waals surface area contributed by atoms with Gasteiger partial charge in [0.1, 0.15) is 11.5 Å². The van der Waals surface area contributed by atoms with Crippen LogP contribution in [0.15, 0.2) is 66.3 Å². The summed E-state index contributed by atoms with van der Waals surface area (Å²) in [4.78, 5) is 12.4. The number of aromatic nitrogens is 3. The van der Waals surface area contributed by atoms with Crippen LogP contribution >= 0.6 is 11.8 Å². The van der Waals surface area contributed by atoms with Gasteiger partial charge in [0, 0.05) is 12.6 Å². The van der Waals surface area contributed by atoms with Crippen LogP contribution in [-0.2, 0) is 11.3 Å². The first kappa shape index (κ1) is 25.9. The van der Waals surface area contributed by atoms with Crippen LogP contribution in [0.4, 0.5) is 18.9 Å². The Balaban J connectivity index is 1.68. The monoisotopic (exact) mass is 508 g/mol. The molecule has 3 rings (SSSR count). The van der Waals surface area contributed by atoms with Gasteiger partial charge < -0.3 is 19.5 Å². The molecule has 1 heterocycles. The number of hydrogen-bond donors (Lipinski definition) is 1. The first-order valence-electron chi connectivity index (χ1n) is 10.3. The number of allylic oxidation sites excluding steroid dienone is 1. The van der Waals surface area contributed by atoms with E-state index >= 15 is 0 Å². The fraction of sp³-hybridized carbons (Fsp3) is 0.261. The number of alkyl halides is 3. The van der Waals surface area contributed by atoms with Crippen molar-refractivity contribution in [2.75, 3.05) is 18.2 Å². The summed E-state index contributed by atoms with van der Waals surface area (Å²) in [7, 11) is 1.56. The van der Waals surface area contributed by atoms with E-state index in [2.05, 4.69) is 26.8 Å². The lowest BCUT2D eigenvalue weighted by Gasteiger charge is -2.16. The summed E-state index contributed by atoms with van der Waals surface area (Å²) in [6, 6.07) is 12.4. The first-order valence-corrected chi connectivity index (χ1v) is 11.3. The maximum atomic E-state index is 12.6. The Bertz CT molecular complexity index is 1170. The van der Waals surface area contributed by atoms with E-state index in [9.17, 15) is 18.0 Å². The highest BCUT2D eigenvalue weighted by Crippen LogP contribution is 2.31. The van der Waals surface area contributed by atoms with Crippen molar-refractivity contribution in [2.24, 2.45) is 0 Å². The maximum Gasteiger partial charge on any atom is 0.573 e. The van der Waals surface area contributed by atoms with Gasteiger partial charge in [-0.2, -0.15) is 0 Å². The zero-order valence-electron chi connectivity index (χ0n) is 18.9. The molecule has 12 heteroatoms. The summed E-state index contributed by atoms with van der Waals surface area (Å²) in [5, 5.41) is 11.2. The Hall–Kier alpha value is -3.67. The lowest BCUT2D eigenvalue weighted by molar-refractivity contribution is -0.274. The molecule has 186 valence electrons. The molecule has 2 aromatic carbocycles. The Kier molecular flexibility index (Phi) is 8.63. The van der Waals surface area contributed by atoms with Gasteiger partial charge >= 0.3 is 6.36 Å². The van der Waals surface area contributed by atoms with Crippen LogP contribution in [0.5, 0.6) is 17.2 Å². The van der Waals surface area contributed by atoms with Crippen LogP contribution < -0.4 is 19.5 Å². The maximum absolute atomic E-state index is 12.6. The second-order valence-corrected chi connectivity index (χ2v) is 8.00. The van der Waals surface area contributed by atoms with Gasteiger partial charge in [0.25, 0.3) is 0 Å². The van der Waals surface area contributed by atoms with Crippen LogP contribution in [0.2, 0.25) is 0 Å². The first-order chi connectivity index (χ1) is 16.7. The number of carbonyl (C=O) groups is 1. The zero-order valence-corrected chi connectivity index (χ0v) is 19.7. The number of methoxy groups -OCH3 is 1. The average Bonchev–Trinajstić information content (AvgIpc) is 3.21. The van der Waals surface area contributed by atoms with Crippen LogP contribution in [0.1, 0.15) is 18.9 Å². The van der Waals surface area contributed by atoms with Crippen LogP contribution in [0, 0.1) is 0 Å². The summed E-state index contributed by atoms with van der Waals surface area (Å²) in [5.74, 6) is 0.577. The van der Waals surface area contributed by atoms with Gasteiger partial charge in [-0.05, 0) is 31.2 Å². The van der Waals surface area contributed by atoms with Crippen LogP contribution in [0.3, 0.4) is 0 Å². The fourth-order valence-electron chi connectivity index (χ4n) is 3.04. The lowest BCUT2D eigenvalue weighted by atomic mass is 10.3. The number of thioether (sulfide) groups is 1. The smallest absolute Gasteiger partial charge is 0.497 e. The molecule has 0 spiro atoms. The van der Waals surface area contributed by atoms with E-state index < -0.39 is 24.1 Å². The van der Waals surface area contributed by atoms with Crippen molar-refractivity contribution >= 4 is 23.4 Å². The Morgan fingerprint density at radius 1 is 1.20 bits per heavy atom. The van der Waals surface area contributed by atoms with E-state index in [-0.39, 0.29) is 11.4 Å². The number of carbonyl (C=O) groups excluding carboxylic acids is 1. The van der Waals surface area contributed by atoms with Gasteiger partial charge in [-0.25, -0.2) is 0 Å². The predicted molar refractivity (Wildman–Crippen MR) is 125 cm³/mol. The molecule has 0 saturated heterocycles. The molecule has 0 radical (unpaired) electrons. The number of benzene rings is 2. The van der Waals surface area contributed by atoms with E-state index in [1.165, 1.54) is 18.2 Å². The summed E-state index contributed by atoms with van der Waals surface area (Å²) < 4.78 is 54.7. The minimum atomic E-state index is -4.88. The minimum Gasteiger partial charge on any atom is -0.497 e. The predicted octanol–water partition coefficient (Wildman–Crippen LogP) is 5.24. The van der Waals surface area contributed by atoms with E-state index in [0.29, 0.717) is 29.0 Å². The SMILES string of the molecule is C=CCn1c(SCC(=O)Nc2ccccc2OC(F)(F)F)nnc1C(C)Oc1cccc(OC)c1. The number of rotatable bonds is 11. The number of amides is 1. The highest BCUT2D eigenvalue weighted by atomic mass is 32.2. The van der Waals surface area contributed by atoms with E-state index in [1.54, 1.807) is 42.0 Å². The molecule has 1 amide bonds. The number of ether oxygens (including phenoxy) is 3. The topological polar surface area (TPSA) is 87.5 Å². The number of hydrogen-bond acceptors (Lipinski definition) is 7. The molecule has 8 nitrogen and oxygen atoms in total. The Labute approximate surface area is 204 Å². The van der Waals surface area contributed by atoms with Gasteiger partial charge in [0.05, 0.1) is 18.6 Å². The third-order valence-electron chi connectivity index (χ3n) is 4.49. The highest BCUT2D eigenvalue weighted by molar-refractivity contribution is 7.99. The molecule has 1 unspecified atom stereocenters. The van der Waals surface area contributed by atoms with Crippen molar-refractivity contribution in [3.05, 3.63) is 67.0 Å². The normalized spacial score (nSPS) is 12.0. The standard InChI is InChI=1S/C23H23F3N4O4S/c1-4-12-30-21(15(2)33-17-9-7-8-16(13-17)32-3)28-29-22(30)35-14-20(31)27-18-10-5-6-11-19(18)34-23(24,25)26/h4-11,13,15H,1,12,14H2,2-3H3,(H,27,31). The molecule has 1 N–H and O–H groups in total. The summed E-state index contributed by atoms with van der Waals surface area (Å²) >= 11 is 1.07. The molecule has 0 aliphatic carbocycles. The van der Waals surface area contributed by atoms with Crippen molar-refractivity contribution in [2.45, 2.75) is 31.1 Å². The molecule has 0 saturated carbocycles. The van der Waals surface area contributed by atoms with Crippen LogP contribution in [-0.4, -0.2) is 39.9 Å². The fourth-order valence-corrected chi connectivity index (χ4v) is 3.79. The van der Waals surface area contributed by atoms with Crippen molar-refractivity contribution in [1.29, 1.82) is 0 Å². The zero-order chi connectivity index (χ0) is 25.4. The summed E-state index contributed by atoms with van der Waals surface area (Å²) in [6.07, 6.45) is -3.71. The molecule has 3 aromatic rings. The quantitative estimate of drug-likeness (QED) is 0.280. The van der Waals surface area contributed by atoms with Crippen molar-refractivity contribution < 1.29 is 32.2 Å². The van der Waals surface area contributed by atoms with Gasteiger partial charge in [0.15, 0.2) is 22.8 Å². The van der Waals surface area contributed by atoms with E-state index in [0.717, 1.165) is 17.8 Å². The lowest BCUT2D eigenvalue weighted by Crippen LogP contribution is -2.20. The minimum absolute atomic E-state index is 0.0935. The molecule has 0 aliphatic rings. The van der Waals surface area contributed by atoms with Crippen molar-refractivity contribution in [3.63, 3.8) is 0 Å². The third-order valence-corrected chi connectivity index (χ3v) is 5.46. The molecule has 0 aliphatic heterocycles. The largest absolute Gasteiger partial charge is 0.573 e. The number of halogens is 3. The second kappa shape index (κ2) is 11.6. The second-order valence-electron chi connectivity index (χ2n) is 7.06. The molecular weight excluding hydrogens is 485 g/mol. The highest BCUT2D eigenvalue weighted by Gasteiger charge is 2.32. The number of para-hydroxylation sites is 2. The van der Waals surface area contributed by atoms with Gasteiger partial charge in [-0.3, -0.25) is 9.36 Å². The molecular formula is C23H23F3N4O4S. The molecule has 0 fully saturated rings. The number of nitrogens with zero attached hydrogens (tertiary/aromatic N) is 3. The number of nitrogens with one attached hydrogen (secondary N) is 1. The Morgan fingerprint density at radius 3 is 2.66 bits per heavy atom. The van der Waals surface area contributed by atoms with Crippen molar-refractivity contribution in [1.82, 2.24) is 14.8 Å². The summed E-state index contributed by atoms with van der Waals surface area (Å²) in [5.41, 5.74) is -0.0935. The summed E-state index contributed by atoms with van der Waals surface area (Å²) in [6.45, 7) is 5.91. The molecule has 1 aromatic heterocycles. The van der Waals surface area contributed by atoms with Gasteiger partial charge in [-0.15, -0.1) is 29.9 Å². The van der Waals surface area contributed by atoms with Crippen molar-refractivity contribution in [3.8, 4) is 17.2 Å². The van der Waals surface area contributed by atoms with Crippen LogP contribution in [0.25, 0.3) is 0 Å². The average molecular weight is 509 g/mol. The number of anilines is 1. The molecule has 1 atom stereocenters. The van der Waals surface area contributed by atoms with E-state index in [4.69, 9.17) is 9.47 Å². The van der Waals surface area contributed by atoms with Gasteiger partial charge in [0.2, 0.25) is 5.91 Å². The van der Waals surface area contributed by atoms with Gasteiger partial charge in [-0.1, -0.05) is 36.0 Å².